The molecular formula is C26H19Cl2F5N4OS. The topological polar surface area (TPSA) is 47.6 Å². The summed E-state index contributed by atoms with van der Waals surface area (Å²) in [5, 5.41) is 6.34. The molecule has 1 fully saturated rings. The van der Waals surface area contributed by atoms with Crippen molar-refractivity contribution in [3.8, 4) is 0 Å². The zero-order valence-electron chi connectivity index (χ0n) is 19.9. The maximum Gasteiger partial charge on any atom is 0.250 e. The van der Waals surface area contributed by atoms with Gasteiger partial charge < -0.3 is 15.1 Å². The van der Waals surface area contributed by atoms with Crippen LogP contribution in [0.1, 0.15) is 5.56 Å². The minimum Gasteiger partial charge on any atom is -0.368 e. The lowest BCUT2D eigenvalue weighted by molar-refractivity contribution is -0.115. The second-order valence-corrected chi connectivity index (χ2v) is 9.63. The average molecular weight is 601 g/mol. The van der Waals surface area contributed by atoms with Crippen LogP contribution in [0.3, 0.4) is 0 Å². The molecule has 1 aliphatic heterocycles. The van der Waals surface area contributed by atoms with Gasteiger partial charge in [0, 0.05) is 53.7 Å². The van der Waals surface area contributed by atoms with E-state index >= 15 is 0 Å². The highest BCUT2D eigenvalue weighted by Gasteiger charge is 2.30. The van der Waals surface area contributed by atoms with Crippen LogP contribution < -0.4 is 20.4 Å². The highest BCUT2D eigenvalue weighted by molar-refractivity contribution is 7.80. The summed E-state index contributed by atoms with van der Waals surface area (Å²) in [5.74, 6) is -10.3. The van der Waals surface area contributed by atoms with E-state index in [-0.39, 0.29) is 31.3 Å². The van der Waals surface area contributed by atoms with E-state index < -0.39 is 40.7 Å². The van der Waals surface area contributed by atoms with Crippen LogP contribution >= 0.6 is 35.4 Å². The van der Waals surface area contributed by atoms with Gasteiger partial charge in [0.2, 0.25) is 11.7 Å². The normalized spacial score (nSPS) is 13.6. The standard InChI is InChI=1S/C26H19Cl2F5N4OS/c27-15-3-1-14(18(28)13-15)2-8-19(38)35-26(39)34-16-4-6-17(7-5-16)36-9-11-37(12-10-36)25-23(32)21(30)20(29)22(31)24(25)33/h1-8,13H,9-12H2,(H2,34,35,38,39)/b8-2+. The van der Waals surface area contributed by atoms with Crippen LogP contribution in [0.25, 0.3) is 6.08 Å². The molecule has 1 aliphatic rings. The molecule has 4 rings (SSSR count). The number of carbonyl (C=O) groups is 1. The van der Waals surface area contributed by atoms with Crippen LogP contribution in [-0.4, -0.2) is 37.2 Å². The number of carbonyl (C=O) groups excluding carboxylic acids is 1. The van der Waals surface area contributed by atoms with Crippen LogP contribution in [0.5, 0.6) is 0 Å². The quantitative estimate of drug-likeness (QED) is 0.114. The molecular weight excluding hydrogens is 582 g/mol. The lowest BCUT2D eigenvalue weighted by atomic mass is 10.2. The summed E-state index contributed by atoms with van der Waals surface area (Å²) in [6.45, 7) is 0.655. The molecule has 1 heterocycles. The van der Waals surface area contributed by atoms with Gasteiger partial charge in [0.25, 0.3) is 0 Å². The van der Waals surface area contributed by atoms with Gasteiger partial charge in [0.15, 0.2) is 28.4 Å². The summed E-state index contributed by atoms with van der Waals surface area (Å²) in [4.78, 5) is 15.2. The predicted octanol–water partition coefficient (Wildman–Crippen LogP) is 6.54. The second kappa shape index (κ2) is 12.2. The molecule has 3 aromatic rings. The second-order valence-electron chi connectivity index (χ2n) is 8.38. The lowest BCUT2D eigenvalue weighted by Gasteiger charge is -2.37. The molecule has 0 aromatic heterocycles. The molecule has 0 bridgehead atoms. The van der Waals surface area contributed by atoms with E-state index in [0.29, 0.717) is 21.3 Å². The third kappa shape index (κ3) is 6.60. The van der Waals surface area contributed by atoms with Gasteiger partial charge in [0.1, 0.15) is 5.69 Å². The van der Waals surface area contributed by atoms with Crippen LogP contribution in [0.15, 0.2) is 48.5 Å². The first-order chi connectivity index (χ1) is 18.5. The first-order valence-corrected chi connectivity index (χ1v) is 12.6. The fourth-order valence-electron chi connectivity index (χ4n) is 3.93. The van der Waals surface area contributed by atoms with E-state index in [1.807, 2.05) is 4.90 Å². The maximum absolute atomic E-state index is 14.2. The summed E-state index contributed by atoms with van der Waals surface area (Å²) in [5.41, 5.74) is 1.05. The predicted molar refractivity (Wildman–Crippen MR) is 147 cm³/mol. The number of rotatable bonds is 5. The summed E-state index contributed by atoms with van der Waals surface area (Å²) in [6, 6.07) is 11.8. The number of thiocarbonyl (C=S) groups is 1. The fourth-order valence-corrected chi connectivity index (χ4v) is 4.62. The summed E-state index contributed by atoms with van der Waals surface area (Å²) < 4.78 is 68.8. The molecule has 0 spiro atoms. The maximum atomic E-state index is 14.2. The Morgan fingerprint density at radius 3 is 1.97 bits per heavy atom. The minimum atomic E-state index is -2.18. The van der Waals surface area contributed by atoms with Crippen LogP contribution in [0.4, 0.5) is 39.0 Å². The van der Waals surface area contributed by atoms with Crippen LogP contribution in [-0.2, 0) is 4.79 Å². The molecule has 13 heteroatoms. The number of nitrogens with zero attached hydrogens (tertiary/aromatic N) is 2. The van der Waals surface area contributed by atoms with Crippen molar-refractivity contribution in [1.82, 2.24) is 5.32 Å². The molecule has 0 radical (unpaired) electrons. The van der Waals surface area contributed by atoms with E-state index in [0.717, 1.165) is 10.6 Å². The first-order valence-electron chi connectivity index (χ1n) is 11.4. The van der Waals surface area contributed by atoms with Gasteiger partial charge in [-0.05, 0) is 60.3 Å². The molecule has 0 aliphatic carbocycles. The molecule has 1 amide bonds. The fraction of sp³-hybridized carbons (Fsp3) is 0.154. The van der Waals surface area contributed by atoms with Crippen molar-refractivity contribution in [1.29, 1.82) is 0 Å². The van der Waals surface area contributed by atoms with Gasteiger partial charge in [0.05, 0.1) is 0 Å². The molecule has 39 heavy (non-hydrogen) atoms. The Balaban J connectivity index is 1.31. The highest BCUT2D eigenvalue weighted by atomic mass is 35.5. The zero-order valence-corrected chi connectivity index (χ0v) is 22.2. The smallest absolute Gasteiger partial charge is 0.250 e. The number of benzene rings is 3. The van der Waals surface area contributed by atoms with Gasteiger partial charge in [-0.1, -0.05) is 29.3 Å². The summed E-state index contributed by atoms with van der Waals surface area (Å²) in [7, 11) is 0. The molecule has 1 saturated heterocycles. The van der Waals surface area contributed by atoms with E-state index in [1.54, 1.807) is 42.5 Å². The number of halogens is 7. The highest BCUT2D eigenvalue weighted by Crippen LogP contribution is 2.31. The van der Waals surface area contributed by atoms with Crippen molar-refractivity contribution in [2.75, 3.05) is 41.3 Å². The van der Waals surface area contributed by atoms with Crippen molar-refractivity contribution in [3.05, 3.63) is 93.2 Å². The van der Waals surface area contributed by atoms with Crippen molar-refractivity contribution >= 4 is 69.6 Å². The number of amides is 1. The average Bonchev–Trinajstić information content (AvgIpc) is 2.91. The molecule has 0 unspecified atom stereocenters. The minimum absolute atomic E-state index is 0.0449. The van der Waals surface area contributed by atoms with Gasteiger partial charge in [-0.2, -0.15) is 0 Å². The Morgan fingerprint density at radius 2 is 1.38 bits per heavy atom. The Labute approximate surface area is 235 Å². The van der Waals surface area contributed by atoms with E-state index in [9.17, 15) is 26.7 Å². The molecule has 5 nitrogen and oxygen atoms in total. The lowest BCUT2D eigenvalue weighted by Crippen LogP contribution is -2.47. The van der Waals surface area contributed by atoms with Gasteiger partial charge >= 0.3 is 0 Å². The number of piperazine rings is 1. The van der Waals surface area contributed by atoms with Crippen LogP contribution in [0, 0.1) is 29.1 Å². The summed E-state index contributed by atoms with van der Waals surface area (Å²) >= 11 is 17.1. The third-order valence-electron chi connectivity index (χ3n) is 5.89. The number of nitrogens with one attached hydrogen (secondary N) is 2. The van der Waals surface area contributed by atoms with Crippen molar-refractivity contribution < 1.29 is 26.7 Å². The number of hydrogen-bond donors (Lipinski definition) is 2. The number of anilines is 3. The summed E-state index contributed by atoms with van der Waals surface area (Å²) in [6.07, 6.45) is 2.80. The monoisotopic (exact) mass is 600 g/mol. The Hall–Kier alpha value is -3.41. The van der Waals surface area contributed by atoms with Crippen molar-refractivity contribution in [3.63, 3.8) is 0 Å². The van der Waals surface area contributed by atoms with Gasteiger partial charge in [-0.3, -0.25) is 10.1 Å². The van der Waals surface area contributed by atoms with Crippen molar-refractivity contribution in [2.45, 2.75) is 0 Å². The Kier molecular flexibility index (Phi) is 8.94. The van der Waals surface area contributed by atoms with E-state index in [1.165, 1.54) is 12.2 Å². The molecule has 3 aromatic carbocycles. The molecule has 0 atom stereocenters. The SMILES string of the molecule is O=C(/C=C/c1ccc(Cl)cc1Cl)NC(=S)Nc1ccc(N2CCN(c3c(F)c(F)c(F)c(F)c3F)CC2)cc1. The van der Waals surface area contributed by atoms with Gasteiger partial charge in [-0.25, -0.2) is 22.0 Å². The number of hydrogen-bond acceptors (Lipinski definition) is 4. The third-order valence-corrected chi connectivity index (χ3v) is 6.65. The zero-order chi connectivity index (χ0) is 28.3. The van der Waals surface area contributed by atoms with Crippen LogP contribution in [0.2, 0.25) is 10.0 Å². The first kappa shape index (κ1) is 28.6. The van der Waals surface area contributed by atoms with Gasteiger partial charge in [-0.15, -0.1) is 0 Å². The Bertz CT molecular complexity index is 1420. The molecule has 0 saturated carbocycles. The molecule has 2 N–H and O–H groups in total. The largest absolute Gasteiger partial charge is 0.368 e. The molecule has 204 valence electrons. The van der Waals surface area contributed by atoms with E-state index in [2.05, 4.69) is 10.6 Å². The Morgan fingerprint density at radius 1 is 0.821 bits per heavy atom. The van der Waals surface area contributed by atoms with E-state index in [4.69, 9.17) is 35.4 Å². The van der Waals surface area contributed by atoms with Crippen molar-refractivity contribution in [2.24, 2.45) is 0 Å².